The molecule has 12 nitrogen and oxygen atoms in total. The molecule has 1 aromatic carbocycles. The molecule has 5 aromatic rings. The Morgan fingerprint density at radius 2 is 1.49 bits per heavy atom. The number of imidazole rings is 1. The number of aromatic amines is 1. The smallest absolute Gasteiger partial charge is 0.490 e. The van der Waals surface area contributed by atoms with Crippen molar-refractivity contribution in [3.63, 3.8) is 0 Å². The number of H-pyrrole nitrogens is 1. The molecule has 0 unspecified atom stereocenters. The quantitative estimate of drug-likeness (QED) is 0.137. The second kappa shape index (κ2) is 14.4. The van der Waals surface area contributed by atoms with Crippen LogP contribution in [0.25, 0.3) is 33.9 Å². The molecule has 0 aliphatic carbocycles. The zero-order chi connectivity index (χ0) is 37.9. The molecular weight excluding hydrogens is 709 g/mol. The number of rotatable bonds is 4. The van der Waals surface area contributed by atoms with Crippen LogP contribution in [0.1, 0.15) is 17.0 Å². The van der Waals surface area contributed by atoms with Gasteiger partial charge in [0.25, 0.3) is 0 Å². The lowest BCUT2D eigenvalue weighted by molar-refractivity contribution is -0.193. The molecule has 6 rings (SSSR count). The molecule has 1 aliphatic rings. The largest absolute Gasteiger partial charge is 0.497 e. The number of halogens is 9. The van der Waals surface area contributed by atoms with E-state index in [0.29, 0.717) is 45.5 Å². The van der Waals surface area contributed by atoms with E-state index in [1.165, 1.54) is 4.68 Å². The van der Waals surface area contributed by atoms with E-state index in [0.717, 1.165) is 5.56 Å². The Hall–Kier alpha value is -6.15. The van der Waals surface area contributed by atoms with Gasteiger partial charge >= 0.3 is 30.5 Å². The lowest BCUT2D eigenvalue weighted by atomic mass is 10.1. The van der Waals surface area contributed by atoms with Gasteiger partial charge in [-0.1, -0.05) is 12.1 Å². The molecule has 21 heteroatoms. The number of ether oxygens (including phenoxy) is 1. The summed E-state index contributed by atoms with van der Waals surface area (Å²) in [5.41, 5.74) is 3.10. The van der Waals surface area contributed by atoms with Gasteiger partial charge in [-0.05, 0) is 42.8 Å². The number of hydrogen-bond acceptors (Lipinski definition) is 8. The average molecular weight is 732 g/mol. The van der Waals surface area contributed by atoms with Gasteiger partial charge in [0.05, 0.1) is 30.6 Å². The summed E-state index contributed by atoms with van der Waals surface area (Å²) in [6.45, 7) is 1.77. The number of fused-ring (bicyclic) bond motifs is 5. The van der Waals surface area contributed by atoms with Gasteiger partial charge in [0.2, 0.25) is 0 Å². The Balaban J connectivity index is 0.000000353. The number of alkyl halides is 9. The maximum atomic E-state index is 14.2. The van der Waals surface area contributed by atoms with Gasteiger partial charge in [-0.3, -0.25) is 9.67 Å². The van der Waals surface area contributed by atoms with Crippen LogP contribution in [-0.2, 0) is 22.3 Å². The minimum absolute atomic E-state index is 0.0716. The fourth-order valence-electron chi connectivity index (χ4n) is 4.49. The van der Waals surface area contributed by atoms with Gasteiger partial charge < -0.3 is 25.3 Å². The van der Waals surface area contributed by atoms with E-state index in [1.807, 2.05) is 6.07 Å². The van der Waals surface area contributed by atoms with Gasteiger partial charge in [0, 0.05) is 35.4 Å². The summed E-state index contributed by atoms with van der Waals surface area (Å²) >= 11 is 0. The highest BCUT2D eigenvalue weighted by Gasteiger charge is 2.41. The van der Waals surface area contributed by atoms with Crippen molar-refractivity contribution in [3.05, 3.63) is 78.0 Å². The number of carbonyl (C=O) groups is 2. The highest BCUT2D eigenvalue weighted by Crippen LogP contribution is 2.45. The van der Waals surface area contributed by atoms with Crippen LogP contribution >= 0.6 is 0 Å². The normalized spacial score (nSPS) is 12.0. The van der Waals surface area contributed by atoms with Crippen LogP contribution < -0.4 is 10.1 Å². The number of pyridine rings is 2. The molecule has 0 spiro atoms. The number of carboxylic acids is 2. The Bertz CT molecular complexity index is 1950. The maximum Gasteiger partial charge on any atom is 0.490 e. The number of aliphatic carboxylic acids is 2. The van der Waals surface area contributed by atoms with E-state index in [9.17, 15) is 39.5 Å². The van der Waals surface area contributed by atoms with Crippen molar-refractivity contribution in [2.45, 2.75) is 32.0 Å². The van der Waals surface area contributed by atoms with E-state index in [2.05, 4.69) is 30.4 Å². The molecule has 51 heavy (non-hydrogen) atoms. The van der Waals surface area contributed by atoms with Crippen molar-refractivity contribution in [1.82, 2.24) is 29.7 Å². The summed E-state index contributed by atoms with van der Waals surface area (Å²) in [5, 5.41) is 21.5. The molecule has 0 fully saturated rings. The maximum absolute atomic E-state index is 14.2. The molecular formula is C30H22F9N7O5. The summed E-state index contributed by atoms with van der Waals surface area (Å²) in [6, 6.07) is 12.5. The Morgan fingerprint density at radius 1 is 0.882 bits per heavy atom. The summed E-state index contributed by atoms with van der Waals surface area (Å²) < 4.78 is 113. The van der Waals surface area contributed by atoms with E-state index in [4.69, 9.17) is 24.5 Å². The van der Waals surface area contributed by atoms with Crippen LogP contribution in [0.3, 0.4) is 0 Å². The van der Waals surface area contributed by atoms with Gasteiger partial charge in [0.15, 0.2) is 5.69 Å². The topological polar surface area (TPSA) is 168 Å². The van der Waals surface area contributed by atoms with Crippen LogP contribution in [0.4, 0.5) is 51.0 Å². The summed E-state index contributed by atoms with van der Waals surface area (Å²) in [7, 11) is 1.55. The van der Waals surface area contributed by atoms with E-state index >= 15 is 0 Å². The molecule has 0 bridgehead atoms. The van der Waals surface area contributed by atoms with Crippen molar-refractivity contribution >= 4 is 23.4 Å². The second-order valence-corrected chi connectivity index (χ2v) is 10.2. The van der Waals surface area contributed by atoms with Gasteiger partial charge in [-0.25, -0.2) is 19.6 Å². The predicted molar refractivity (Wildman–Crippen MR) is 159 cm³/mol. The Labute approximate surface area is 279 Å². The number of hydrogen-bond donors (Lipinski definition) is 4. The summed E-state index contributed by atoms with van der Waals surface area (Å²) in [6.07, 6.45) is -9.94. The highest BCUT2D eigenvalue weighted by molar-refractivity contribution is 5.95. The molecule has 0 saturated heterocycles. The third-order valence-corrected chi connectivity index (χ3v) is 6.80. The van der Waals surface area contributed by atoms with E-state index < -0.39 is 36.2 Å². The summed E-state index contributed by atoms with van der Waals surface area (Å²) in [5.74, 6) is -4.23. The molecule has 4 aromatic heterocycles. The van der Waals surface area contributed by atoms with Crippen LogP contribution in [0, 0.1) is 6.92 Å². The SMILES string of the molecule is COc1ccc(Cn2nc(C(F)(F)F)c(-c3nc4c([nH]3)-c3cnccc3Nc3ncccc3-4)c2C)cc1.O=C(O)C(F)(F)F.O=C(O)C(F)(F)F. The lowest BCUT2D eigenvalue weighted by Crippen LogP contribution is -2.21. The van der Waals surface area contributed by atoms with E-state index in [1.54, 1.807) is 69.0 Å². The number of aromatic nitrogens is 6. The second-order valence-electron chi connectivity index (χ2n) is 10.2. The summed E-state index contributed by atoms with van der Waals surface area (Å²) in [4.78, 5) is 34.2. The molecule has 4 N–H and O–H groups in total. The van der Waals surface area contributed by atoms with Crippen molar-refractivity contribution in [2.24, 2.45) is 0 Å². The van der Waals surface area contributed by atoms with Crippen LogP contribution in [0.15, 0.2) is 61.1 Å². The lowest BCUT2D eigenvalue weighted by Gasteiger charge is -2.08. The average Bonchev–Trinajstić information content (AvgIpc) is 3.59. The zero-order valence-electron chi connectivity index (χ0n) is 25.7. The molecule has 1 aliphatic heterocycles. The fourth-order valence-corrected chi connectivity index (χ4v) is 4.49. The first-order valence-corrected chi connectivity index (χ1v) is 13.9. The number of carboxylic acid groups (broad SMARTS) is 2. The van der Waals surface area contributed by atoms with Gasteiger partial charge in [-0.15, -0.1) is 0 Å². The number of benzene rings is 1. The Kier molecular flexibility index (Phi) is 10.6. The molecule has 0 atom stereocenters. The Morgan fingerprint density at radius 3 is 2.04 bits per heavy atom. The first-order valence-electron chi connectivity index (χ1n) is 13.9. The standard InChI is InChI=1S/C26H20F3N7O.2C2HF3O2/c1-14-20(23(26(27,28)29)35-36(14)13-15-5-7-16(37-2)8-6-15)25-33-21-17-4-3-10-31-24(17)32-19-9-11-30-12-18(19)22(21)34-25;2*3-2(4,5)1(6)7/h3-12H,13H2,1-2H3,(H,31,32)(H,33,34);2*(H,6,7). The molecule has 0 radical (unpaired) electrons. The van der Waals surface area contributed by atoms with E-state index in [-0.39, 0.29) is 17.9 Å². The predicted octanol–water partition coefficient (Wildman–Crippen LogP) is 7.10. The number of nitrogens with zero attached hydrogens (tertiary/aromatic N) is 5. The van der Waals surface area contributed by atoms with Crippen molar-refractivity contribution < 1.29 is 64.1 Å². The molecule has 0 amide bonds. The molecule has 5 heterocycles. The van der Waals surface area contributed by atoms with Crippen LogP contribution in [0.2, 0.25) is 0 Å². The minimum atomic E-state index is -5.08. The third-order valence-electron chi connectivity index (χ3n) is 6.80. The van der Waals surface area contributed by atoms with Gasteiger partial charge in [-0.2, -0.15) is 44.6 Å². The number of anilines is 2. The first-order chi connectivity index (χ1) is 23.7. The highest BCUT2D eigenvalue weighted by atomic mass is 19.4. The van der Waals surface area contributed by atoms with Gasteiger partial charge in [0.1, 0.15) is 23.1 Å². The number of methoxy groups -OCH3 is 1. The fraction of sp³-hybridized carbons (Fsp3) is 0.200. The monoisotopic (exact) mass is 731 g/mol. The molecule has 0 saturated carbocycles. The third kappa shape index (κ3) is 8.72. The number of nitrogens with one attached hydrogen (secondary N) is 2. The van der Waals surface area contributed by atoms with Crippen molar-refractivity contribution in [1.29, 1.82) is 0 Å². The van der Waals surface area contributed by atoms with Crippen LogP contribution in [-0.4, -0.2) is 71.3 Å². The minimum Gasteiger partial charge on any atom is -0.497 e. The van der Waals surface area contributed by atoms with Crippen molar-refractivity contribution in [3.8, 4) is 39.7 Å². The molecule has 270 valence electrons. The first kappa shape index (κ1) is 37.7. The zero-order valence-corrected chi connectivity index (χ0v) is 25.7. The van der Waals surface area contributed by atoms with Crippen LogP contribution in [0.5, 0.6) is 5.75 Å². The van der Waals surface area contributed by atoms with Crippen molar-refractivity contribution in [2.75, 3.05) is 12.4 Å².